The summed E-state index contributed by atoms with van der Waals surface area (Å²) in [6.07, 6.45) is -0.389. The van der Waals surface area contributed by atoms with Crippen LogP contribution in [0.25, 0.3) is 0 Å². The van der Waals surface area contributed by atoms with Crippen LogP contribution < -0.4 is 0 Å². The molecular weight excluding hydrogens is 304 g/mol. The van der Waals surface area contributed by atoms with Gasteiger partial charge in [0.15, 0.2) is 0 Å². The van der Waals surface area contributed by atoms with Crippen molar-refractivity contribution < 1.29 is 14.3 Å². The number of hydrogen-bond donors (Lipinski definition) is 0. The van der Waals surface area contributed by atoms with Crippen molar-refractivity contribution in [3.8, 4) is 0 Å². The Kier molecular flexibility index (Phi) is 5.33. The van der Waals surface area contributed by atoms with Crippen LogP contribution in [0.2, 0.25) is 0 Å². The Bertz CT molecular complexity index is 594. The number of amides is 2. The summed E-state index contributed by atoms with van der Waals surface area (Å²) in [5.41, 5.74) is 0.617. The van der Waals surface area contributed by atoms with E-state index in [4.69, 9.17) is 4.74 Å². The summed E-state index contributed by atoms with van der Waals surface area (Å²) in [5.74, 6) is -0.120. The molecule has 1 aromatic rings. The van der Waals surface area contributed by atoms with Crippen molar-refractivity contribution in [3.05, 3.63) is 35.9 Å². The molecule has 1 aliphatic heterocycles. The third-order valence-corrected chi connectivity index (χ3v) is 4.34. The Hall–Kier alpha value is -1.88. The molecular formula is C19H28N2O3. The number of piperazine rings is 1. The molecule has 24 heavy (non-hydrogen) atoms. The summed E-state index contributed by atoms with van der Waals surface area (Å²) in [6, 6.07) is 8.67. The first-order valence-electron chi connectivity index (χ1n) is 8.40. The fourth-order valence-corrected chi connectivity index (χ4v) is 3.11. The SMILES string of the molecule is C[C@H](OC(C)(C)C)C1C(=O)N(C)[C@@H](C)C(=O)N1Cc1ccccc1. The summed E-state index contributed by atoms with van der Waals surface area (Å²) in [5, 5.41) is 0. The molecule has 132 valence electrons. The second-order valence-electron chi connectivity index (χ2n) is 7.46. The average Bonchev–Trinajstić information content (AvgIpc) is 2.50. The molecule has 0 radical (unpaired) electrons. The van der Waals surface area contributed by atoms with Crippen LogP contribution in [-0.2, 0) is 20.9 Å². The highest BCUT2D eigenvalue weighted by Gasteiger charge is 2.45. The second-order valence-corrected chi connectivity index (χ2v) is 7.46. The Balaban J connectivity index is 2.33. The van der Waals surface area contributed by atoms with Crippen LogP contribution >= 0.6 is 0 Å². The lowest BCUT2D eigenvalue weighted by Crippen LogP contribution is -2.66. The molecule has 1 saturated heterocycles. The monoisotopic (exact) mass is 332 g/mol. The van der Waals surface area contributed by atoms with Crippen LogP contribution in [0.4, 0.5) is 0 Å². The normalized spacial score (nSPS) is 23.6. The molecule has 5 nitrogen and oxygen atoms in total. The minimum Gasteiger partial charge on any atom is -0.370 e. The molecule has 3 atom stereocenters. The highest BCUT2D eigenvalue weighted by molar-refractivity contribution is 5.97. The molecule has 1 aliphatic rings. The summed E-state index contributed by atoms with van der Waals surface area (Å²) in [6.45, 7) is 9.89. The Morgan fingerprint density at radius 3 is 2.25 bits per heavy atom. The van der Waals surface area contributed by atoms with Crippen molar-refractivity contribution in [2.75, 3.05) is 7.05 Å². The fourth-order valence-electron chi connectivity index (χ4n) is 3.11. The summed E-state index contributed by atoms with van der Waals surface area (Å²) in [7, 11) is 1.68. The van der Waals surface area contributed by atoms with Gasteiger partial charge in [-0.15, -0.1) is 0 Å². The summed E-state index contributed by atoms with van der Waals surface area (Å²) >= 11 is 0. The molecule has 2 rings (SSSR count). The second kappa shape index (κ2) is 6.93. The minimum absolute atomic E-state index is 0.0460. The van der Waals surface area contributed by atoms with Gasteiger partial charge in [0.1, 0.15) is 12.1 Å². The van der Waals surface area contributed by atoms with Crippen molar-refractivity contribution in [2.45, 2.75) is 65.0 Å². The highest BCUT2D eigenvalue weighted by atomic mass is 16.5. The van der Waals surface area contributed by atoms with Gasteiger partial charge < -0.3 is 14.5 Å². The number of likely N-dealkylation sites (N-methyl/N-ethyl adjacent to an activating group) is 1. The Morgan fingerprint density at radius 1 is 1.12 bits per heavy atom. The van der Waals surface area contributed by atoms with E-state index >= 15 is 0 Å². The highest BCUT2D eigenvalue weighted by Crippen LogP contribution is 2.25. The van der Waals surface area contributed by atoms with Crippen LogP contribution in [0.1, 0.15) is 40.2 Å². The van der Waals surface area contributed by atoms with E-state index in [1.807, 2.05) is 58.0 Å². The summed E-state index contributed by atoms with van der Waals surface area (Å²) in [4.78, 5) is 28.9. The molecule has 2 amide bonds. The molecule has 1 aromatic carbocycles. The molecule has 5 heteroatoms. The van der Waals surface area contributed by atoms with Crippen molar-refractivity contribution in [3.63, 3.8) is 0 Å². The predicted molar refractivity (Wildman–Crippen MR) is 93.3 cm³/mol. The molecule has 0 aromatic heterocycles. The lowest BCUT2D eigenvalue weighted by Gasteiger charge is -2.45. The first-order valence-corrected chi connectivity index (χ1v) is 8.40. The molecule has 0 saturated carbocycles. The zero-order valence-electron chi connectivity index (χ0n) is 15.4. The van der Waals surface area contributed by atoms with E-state index in [2.05, 4.69) is 0 Å². The number of benzene rings is 1. The predicted octanol–water partition coefficient (Wildman–Crippen LogP) is 2.45. The standard InChI is InChI=1S/C19H28N2O3/c1-13-17(22)21(12-15-10-8-7-9-11-15)16(18(23)20(13)6)14(2)24-19(3,4)5/h7-11,13-14,16H,12H2,1-6H3/t13-,14-,16?/m0/s1. The third kappa shape index (κ3) is 3.96. The fraction of sp³-hybridized carbons (Fsp3) is 0.579. The van der Waals surface area contributed by atoms with Crippen LogP contribution in [0.3, 0.4) is 0 Å². The molecule has 1 heterocycles. The largest absolute Gasteiger partial charge is 0.370 e. The van der Waals surface area contributed by atoms with Gasteiger partial charge in [0.2, 0.25) is 11.8 Å². The van der Waals surface area contributed by atoms with Crippen LogP contribution in [0, 0.1) is 0 Å². The first-order chi connectivity index (χ1) is 11.1. The van der Waals surface area contributed by atoms with Gasteiger partial charge in [-0.1, -0.05) is 30.3 Å². The van der Waals surface area contributed by atoms with Gasteiger partial charge in [-0.2, -0.15) is 0 Å². The van der Waals surface area contributed by atoms with Crippen LogP contribution in [-0.4, -0.2) is 52.5 Å². The van der Waals surface area contributed by atoms with E-state index < -0.39 is 12.1 Å². The third-order valence-electron chi connectivity index (χ3n) is 4.34. The number of carbonyl (C=O) groups excluding carboxylic acids is 2. The van der Waals surface area contributed by atoms with E-state index in [-0.39, 0.29) is 23.5 Å². The molecule has 1 unspecified atom stereocenters. The van der Waals surface area contributed by atoms with E-state index in [1.165, 1.54) is 4.90 Å². The van der Waals surface area contributed by atoms with Gasteiger partial charge in [-0.3, -0.25) is 9.59 Å². The maximum absolute atomic E-state index is 12.9. The zero-order valence-corrected chi connectivity index (χ0v) is 15.4. The zero-order chi connectivity index (χ0) is 18.1. The quantitative estimate of drug-likeness (QED) is 0.851. The summed E-state index contributed by atoms with van der Waals surface area (Å²) < 4.78 is 6.01. The van der Waals surface area contributed by atoms with Crippen LogP contribution in [0.15, 0.2) is 30.3 Å². The molecule has 0 N–H and O–H groups in total. The number of hydrogen-bond acceptors (Lipinski definition) is 3. The van der Waals surface area contributed by atoms with Crippen molar-refractivity contribution >= 4 is 11.8 Å². The average molecular weight is 332 g/mol. The van der Waals surface area contributed by atoms with E-state index in [0.717, 1.165) is 5.56 Å². The maximum atomic E-state index is 12.9. The first kappa shape index (κ1) is 18.5. The Labute approximate surface area is 144 Å². The van der Waals surface area contributed by atoms with E-state index in [0.29, 0.717) is 6.54 Å². The van der Waals surface area contributed by atoms with Crippen LogP contribution in [0.5, 0.6) is 0 Å². The van der Waals surface area contributed by atoms with Crippen molar-refractivity contribution in [1.82, 2.24) is 9.80 Å². The molecule has 1 fully saturated rings. The van der Waals surface area contributed by atoms with Crippen molar-refractivity contribution in [2.24, 2.45) is 0 Å². The number of ether oxygens (including phenoxy) is 1. The molecule has 0 spiro atoms. The van der Waals surface area contributed by atoms with Gasteiger partial charge in [-0.05, 0) is 40.2 Å². The van der Waals surface area contributed by atoms with Gasteiger partial charge in [0, 0.05) is 13.6 Å². The van der Waals surface area contributed by atoms with E-state index in [9.17, 15) is 9.59 Å². The number of carbonyl (C=O) groups is 2. The number of rotatable bonds is 4. The van der Waals surface area contributed by atoms with Gasteiger partial charge in [-0.25, -0.2) is 0 Å². The smallest absolute Gasteiger partial charge is 0.248 e. The number of nitrogens with zero attached hydrogens (tertiary/aromatic N) is 2. The lowest BCUT2D eigenvalue weighted by atomic mass is 10.00. The maximum Gasteiger partial charge on any atom is 0.248 e. The molecule has 0 bridgehead atoms. The van der Waals surface area contributed by atoms with Gasteiger partial charge >= 0.3 is 0 Å². The van der Waals surface area contributed by atoms with Gasteiger partial charge in [0.05, 0.1) is 11.7 Å². The van der Waals surface area contributed by atoms with E-state index in [1.54, 1.807) is 18.9 Å². The lowest BCUT2D eigenvalue weighted by molar-refractivity contribution is -0.171. The van der Waals surface area contributed by atoms with Crippen molar-refractivity contribution in [1.29, 1.82) is 0 Å². The van der Waals surface area contributed by atoms with Gasteiger partial charge in [0.25, 0.3) is 0 Å². The minimum atomic E-state index is -0.613. The Morgan fingerprint density at radius 2 is 1.71 bits per heavy atom. The topological polar surface area (TPSA) is 49.9 Å². The molecule has 0 aliphatic carbocycles.